The van der Waals surface area contributed by atoms with Crippen molar-refractivity contribution >= 4 is 5.91 Å². The largest absolute Gasteiger partial charge is 0.389 e. The number of amides is 1. The average Bonchev–Trinajstić information content (AvgIpc) is 2.34. The van der Waals surface area contributed by atoms with Crippen LogP contribution >= 0.6 is 0 Å². The van der Waals surface area contributed by atoms with E-state index in [1.165, 1.54) is 0 Å². The number of alkyl halides is 3. The highest BCUT2D eigenvalue weighted by molar-refractivity contribution is 5.76. The van der Waals surface area contributed by atoms with Gasteiger partial charge in [-0.25, -0.2) is 0 Å². The molecule has 0 aromatic rings. The summed E-state index contributed by atoms with van der Waals surface area (Å²) in [6.07, 6.45) is -2.46. The highest BCUT2D eigenvalue weighted by Crippen LogP contribution is 2.24. The molecule has 1 saturated heterocycles. The standard InChI is InChI=1S/C13H23F3N2O/c1-10(11-3-7-17-8-4-11)9-12(19)18-6-2-5-13(14,15)16/h10-11,17H,2-9H2,1H3,(H,18,19). The number of hydrogen-bond acceptors (Lipinski definition) is 2. The molecule has 1 aliphatic heterocycles. The van der Waals surface area contributed by atoms with Crippen molar-refractivity contribution in [1.82, 2.24) is 10.6 Å². The summed E-state index contributed by atoms with van der Waals surface area (Å²) in [5.41, 5.74) is 0. The lowest BCUT2D eigenvalue weighted by atomic mass is 9.84. The van der Waals surface area contributed by atoms with Crippen LogP contribution in [0.1, 0.15) is 39.0 Å². The van der Waals surface area contributed by atoms with Crippen LogP contribution in [0, 0.1) is 11.8 Å². The van der Waals surface area contributed by atoms with Gasteiger partial charge in [-0.1, -0.05) is 6.92 Å². The Bertz CT molecular complexity index is 276. The van der Waals surface area contributed by atoms with Crippen LogP contribution in [-0.4, -0.2) is 31.7 Å². The molecule has 1 fully saturated rings. The van der Waals surface area contributed by atoms with Crippen LogP contribution in [0.2, 0.25) is 0 Å². The summed E-state index contributed by atoms with van der Waals surface area (Å²) in [6.45, 7) is 4.13. The Morgan fingerprint density at radius 1 is 1.37 bits per heavy atom. The third-order valence-electron chi connectivity index (χ3n) is 3.66. The quantitative estimate of drug-likeness (QED) is 0.734. The number of carbonyl (C=O) groups excluding carboxylic acids is 1. The van der Waals surface area contributed by atoms with Gasteiger partial charge >= 0.3 is 6.18 Å². The molecular formula is C13H23F3N2O. The predicted molar refractivity (Wildman–Crippen MR) is 67.7 cm³/mol. The summed E-state index contributed by atoms with van der Waals surface area (Å²) in [6, 6.07) is 0. The molecule has 1 unspecified atom stereocenters. The maximum atomic E-state index is 11.9. The van der Waals surface area contributed by atoms with Crippen molar-refractivity contribution in [3.05, 3.63) is 0 Å². The molecule has 0 bridgehead atoms. The lowest BCUT2D eigenvalue weighted by molar-refractivity contribution is -0.136. The van der Waals surface area contributed by atoms with Gasteiger partial charge in [-0.2, -0.15) is 13.2 Å². The molecule has 0 aromatic heterocycles. The van der Waals surface area contributed by atoms with Crippen molar-refractivity contribution in [2.24, 2.45) is 11.8 Å². The van der Waals surface area contributed by atoms with Crippen molar-refractivity contribution in [3.8, 4) is 0 Å². The fourth-order valence-corrected chi connectivity index (χ4v) is 2.46. The topological polar surface area (TPSA) is 41.1 Å². The van der Waals surface area contributed by atoms with Crippen LogP contribution in [-0.2, 0) is 4.79 Å². The molecule has 1 rings (SSSR count). The van der Waals surface area contributed by atoms with E-state index < -0.39 is 12.6 Å². The molecule has 1 amide bonds. The minimum absolute atomic E-state index is 0.0447. The summed E-state index contributed by atoms with van der Waals surface area (Å²) in [5, 5.41) is 5.84. The van der Waals surface area contributed by atoms with E-state index in [4.69, 9.17) is 0 Å². The van der Waals surface area contributed by atoms with Gasteiger partial charge in [-0.05, 0) is 44.2 Å². The fourth-order valence-electron chi connectivity index (χ4n) is 2.46. The van der Waals surface area contributed by atoms with E-state index in [9.17, 15) is 18.0 Å². The van der Waals surface area contributed by atoms with E-state index in [0.29, 0.717) is 18.3 Å². The molecule has 1 atom stereocenters. The SMILES string of the molecule is CC(CC(=O)NCCCC(F)(F)F)C1CCNCC1. The molecule has 3 nitrogen and oxygen atoms in total. The highest BCUT2D eigenvalue weighted by atomic mass is 19.4. The van der Waals surface area contributed by atoms with E-state index in [2.05, 4.69) is 10.6 Å². The Morgan fingerprint density at radius 3 is 2.58 bits per heavy atom. The number of halogens is 3. The molecule has 1 aliphatic rings. The molecule has 6 heteroatoms. The first-order valence-corrected chi connectivity index (χ1v) is 6.92. The Kier molecular flexibility index (Phi) is 6.62. The van der Waals surface area contributed by atoms with Gasteiger partial charge in [0.1, 0.15) is 0 Å². The molecule has 19 heavy (non-hydrogen) atoms. The Morgan fingerprint density at radius 2 is 2.00 bits per heavy atom. The second-order valence-corrected chi connectivity index (χ2v) is 5.34. The number of hydrogen-bond donors (Lipinski definition) is 2. The third kappa shape index (κ3) is 7.40. The van der Waals surface area contributed by atoms with E-state index >= 15 is 0 Å². The zero-order chi connectivity index (χ0) is 14.3. The lowest BCUT2D eigenvalue weighted by Gasteiger charge is -2.27. The van der Waals surface area contributed by atoms with Gasteiger partial charge in [0.25, 0.3) is 0 Å². The first-order chi connectivity index (χ1) is 8.88. The van der Waals surface area contributed by atoms with Gasteiger partial charge in [0.15, 0.2) is 0 Å². The molecule has 112 valence electrons. The molecule has 0 aliphatic carbocycles. The summed E-state index contributed by atoms with van der Waals surface area (Å²) in [5.74, 6) is 0.708. The number of nitrogens with one attached hydrogen (secondary N) is 2. The normalized spacial score (nSPS) is 19.2. The number of carbonyl (C=O) groups is 1. The molecule has 0 saturated carbocycles. The molecular weight excluding hydrogens is 257 g/mol. The van der Waals surface area contributed by atoms with Crippen LogP contribution in [0.4, 0.5) is 13.2 Å². The van der Waals surface area contributed by atoms with Crippen molar-refractivity contribution in [2.45, 2.75) is 45.2 Å². The minimum Gasteiger partial charge on any atom is -0.356 e. The van der Waals surface area contributed by atoms with Crippen molar-refractivity contribution in [3.63, 3.8) is 0 Å². The smallest absolute Gasteiger partial charge is 0.356 e. The molecule has 2 N–H and O–H groups in total. The summed E-state index contributed by atoms with van der Waals surface area (Å²) >= 11 is 0. The monoisotopic (exact) mass is 280 g/mol. The average molecular weight is 280 g/mol. The second kappa shape index (κ2) is 7.72. The number of piperidine rings is 1. The van der Waals surface area contributed by atoms with Crippen molar-refractivity contribution in [1.29, 1.82) is 0 Å². The molecule has 0 aromatic carbocycles. The summed E-state index contributed by atoms with van der Waals surface area (Å²) in [7, 11) is 0. The van der Waals surface area contributed by atoms with Gasteiger partial charge in [-0.3, -0.25) is 4.79 Å². The zero-order valence-corrected chi connectivity index (χ0v) is 11.4. The maximum Gasteiger partial charge on any atom is 0.389 e. The Hall–Kier alpha value is -0.780. The Balaban J connectivity index is 2.12. The maximum absolute atomic E-state index is 11.9. The van der Waals surface area contributed by atoms with E-state index in [1.54, 1.807) is 0 Å². The van der Waals surface area contributed by atoms with Crippen molar-refractivity contribution in [2.75, 3.05) is 19.6 Å². The third-order valence-corrected chi connectivity index (χ3v) is 3.66. The van der Waals surface area contributed by atoms with Crippen LogP contribution in [0.5, 0.6) is 0 Å². The first-order valence-electron chi connectivity index (χ1n) is 6.92. The lowest BCUT2D eigenvalue weighted by Crippen LogP contribution is -2.33. The van der Waals surface area contributed by atoms with Gasteiger partial charge in [0, 0.05) is 19.4 Å². The second-order valence-electron chi connectivity index (χ2n) is 5.34. The summed E-state index contributed by atoms with van der Waals surface area (Å²) < 4.78 is 35.7. The number of rotatable bonds is 6. The Labute approximate surface area is 112 Å². The summed E-state index contributed by atoms with van der Waals surface area (Å²) in [4.78, 5) is 11.6. The zero-order valence-electron chi connectivity index (χ0n) is 11.4. The van der Waals surface area contributed by atoms with Gasteiger partial charge in [0.2, 0.25) is 5.91 Å². The fraction of sp³-hybridized carbons (Fsp3) is 0.923. The van der Waals surface area contributed by atoms with Gasteiger partial charge < -0.3 is 10.6 Å². The van der Waals surface area contributed by atoms with E-state index in [1.807, 2.05) is 6.92 Å². The van der Waals surface area contributed by atoms with Crippen LogP contribution in [0.15, 0.2) is 0 Å². The minimum atomic E-state index is -4.13. The van der Waals surface area contributed by atoms with Gasteiger partial charge in [-0.15, -0.1) is 0 Å². The van der Waals surface area contributed by atoms with Crippen molar-refractivity contribution < 1.29 is 18.0 Å². The highest BCUT2D eigenvalue weighted by Gasteiger charge is 2.26. The van der Waals surface area contributed by atoms with Crippen LogP contribution in [0.25, 0.3) is 0 Å². The van der Waals surface area contributed by atoms with Crippen LogP contribution < -0.4 is 10.6 Å². The van der Waals surface area contributed by atoms with E-state index in [0.717, 1.165) is 25.9 Å². The van der Waals surface area contributed by atoms with Crippen LogP contribution in [0.3, 0.4) is 0 Å². The molecule has 0 spiro atoms. The first kappa shape index (κ1) is 16.3. The predicted octanol–water partition coefficient (Wildman–Crippen LogP) is 2.47. The molecule has 1 heterocycles. The van der Waals surface area contributed by atoms with Gasteiger partial charge in [0.05, 0.1) is 0 Å². The molecule has 0 radical (unpaired) electrons. The van der Waals surface area contributed by atoms with E-state index in [-0.39, 0.29) is 18.9 Å².